The molecule has 0 fully saturated rings. The van der Waals surface area contributed by atoms with E-state index in [-0.39, 0.29) is 5.78 Å². The Bertz CT molecular complexity index is 551. The van der Waals surface area contributed by atoms with Crippen molar-refractivity contribution in [2.75, 3.05) is 12.9 Å². The van der Waals surface area contributed by atoms with E-state index in [2.05, 4.69) is 0 Å². The number of hydrogen-bond acceptors (Lipinski definition) is 4. The van der Waals surface area contributed by atoms with Gasteiger partial charge in [0.2, 0.25) is 0 Å². The largest absolute Gasteiger partial charge is 0.496 e. The lowest BCUT2D eigenvalue weighted by Crippen LogP contribution is -1.99. The smallest absolute Gasteiger partial charge is 0.183 e. The molecule has 0 bridgehead atoms. The fourth-order valence-electron chi connectivity index (χ4n) is 1.42. The number of ether oxygens (including phenoxy) is 1. The normalized spacial score (nSPS) is 10.3. The highest BCUT2D eigenvalue weighted by Crippen LogP contribution is 2.30. The number of carbonyl (C=O) groups is 1. The molecule has 5 heteroatoms. The third kappa shape index (κ3) is 3.28. The van der Waals surface area contributed by atoms with Crippen LogP contribution in [-0.4, -0.2) is 18.6 Å². The number of Topliss-reactive ketones (excluding diaryl/α,β-unsaturated/α-hetero) is 1. The van der Waals surface area contributed by atoms with Gasteiger partial charge in [-0.15, -0.1) is 23.1 Å². The SMILES string of the molecule is COc1ccccc1SCC(=O)c1ccc(Cl)s1. The quantitative estimate of drug-likeness (QED) is 0.605. The fraction of sp³-hybridized carbons (Fsp3) is 0.154. The van der Waals surface area contributed by atoms with Crippen LogP contribution in [0.3, 0.4) is 0 Å². The molecular formula is C13H11ClO2S2. The maximum atomic E-state index is 11.9. The minimum absolute atomic E-state index is 0.0859. The molecule has 2 rings (SSSR count). The average Bonchev–Trinajstić information content (AvgIpc) is 2.83. The zero-order valence-corrected chi connectivity index (χ0v) is 12.1. The number of para-hydroxylation sites is 1. The zero-order chi connectivity index (χ0) is 13.0. The maximum Gasteiger partial charge on any atom is 0.183 e. The summed E-state index contributed by atoms with van der Waals surface area (Å²) in [6, 6.07) is 11.2. The number of methoxy groups -OCH3 is 1. The summed E-state index contributed by atoms with van der Waals surface area (Å²) in [7, 11) is 1.63. The molecule has 2 aromatic rings. The van der Waals surface area contributed by atoms with Gasteiger partial charge in [-0.05, 0) is 24.3 Å². The summed E-state index contributed by atoms with van der Waals surface area (Å²) in [5, 5.41) is 0. The molecule has 0 N–H and O–H groups in total. The van der Waals surface area contributed by atoms with Crippen molar-refractivity contribution in [1.29, 1.82) is 0 Å². The summed E-state index contributed by atoms with van der Waals surface area (Å²) in [5.74, 6) is 1.26. The van der Waals surface area contributed by atoms with Crippen molar-refractivity contribution in [2.24, 2.45) is 0 Å². The van der Waals surface area contributed by atoms with Crippen LogP contribution in [0.15, 0.2) is 41.3 Å². The Hall–Kier alpha value is -0.970. The first-order valence-corrected chi connectivity index (χ1v) is 7.43. The molecule has 1 aromatic heterocycles. The summed E-state index contributed by atoms with van der Waals surface area (Å²) in [6.07, 6.45) is 0. The van der Waals surface area contributed by atoms with Gasteiger partial charge in [0.05, 0.1) is 22.1 Å². The fourth-order valence-corrected chi connectivity index (χ4v) is 3.40. The van der Waals surface area contributed by atoms with Crippen molar-refractivity contribution in [1.82, 2.24) is 0 Å². The van der Waals surface area contributed by atoms with Gasteiger partial charge < -0.3 is 4.74 Å². The molecule has 0 aliphatic rings. The van der Waals surface area contributed by atoms with Gasteiger partial charge in [0.15, 0.2) is 5.78 Å². The molecule has 0 spiro atoms. The van der Waals surface area contributed by atoms with Crippen LogP contribution in [-0.2, 0) is 0 Å². The maximum absolute atomic E-state index is 11.9. The predicted molar refractivity (Wildman–Crippen MR) is 77.4 cm³/mol. The Morgan fingerprint density at radius 1 is 1.33 bits per heavy atom. The summed E-state index contributed by atoms with van der Waals surface area (Å²) in [6.45, 7) is 0. The molecule has 0 aliphatic carbocycles. The van der Waals surface area contributed by atoms with E-state index in [0.717, 1.165) is 10.6 Å². The number of rotatable bonds is 5. The lowest BCUT2D eigenvalue weighted by atomic mass is 10.3. The summed E-state index contributed by atoms with van der Waals surface area (Å²) >= 11 is 8.59. The Balaban J connectivity index is 2.01. The molecule has 0 amide bonds. The third-order valence-electron chi connectivity index (χ3n) is 2.28. The highest BCUT2D eigenvalue weighted by Gasteiger charge is 2.11. The highest BCUT2D eigenvalue weighted by atomic mass is 35.5. The molecule has 0 aliphatic heterocycles. The van der Waals surface area contributed by atoms with Crippen molar-refractivity contribution in [3.8, 4) is 5.75 Å². The molecule has 0 radical (unpaired) electrons. The van der Waals surface area contributed by atoms with Crippen LogP contribution < -0.4 is 4.74 Å². The van der Waals surface area contributed by atoms with E-state index in [1.165, 1.54) is 23.1 Å². The first-order valence-electron chi connectivity index (χ1n) is 5.25. The minimum atomic E-state index is 0.0859. The zero-order valence-electron chi connectivity index (χ0n) is 9.68. The number of hydrogen-bond donors (Lipinski definition) is 0. The molecule has 18 heavy (non-hydrogen) atoms. The summed E-state index contributed by atoms with van der Waals surface area (Å²) in [4.78, 5) is 13.6. The third-order valence-corrected chi connectivity index (χ3v) is 4.60. The molecular weight excluding hydrogens is 288 g/mol. The van der Waals surface area contributed by atoms with Crippen molar-refractivity contribution in [3.63, 3.8) is 0 Å². The van der Waals surface area contributed by atoms with Gasteiger partial charge in [0.25, 0.3) is 0 Å². The number of halogens is 1. The van der Waals surface area contributed by atoms with Crippen molar-refractivity contribution < 1.29 is 9.53 Å². The number of carbonyl (C=O) groups excluding carboxylic acids is 1. The molecule has 94 valence electrons. The average molecular weight is 299 g/mol. The van der Waals surface area contributed by atoms with Gasteiger partial charge in [0, 0.05) is 4.90 Å². The lowest BCUT2D eigenvalue weighted by molar-refractivity contribution is 0.102. The molecule has 0 atom stereocenters. The number of thiophene rings is 1. The Kier molecular flexibility index (Phi) is 4.69. The van der Waals surface area contributed by atoms with E-state index >= 15 is 0 Å². The van der Waals surface area contributed by atoms with Gasteiger partial charge in [-0.2, -0.15) is 0 Å². The van der Waals surface area contributed by atoms with E-state index in [9.17, 15) is 4.79 Å². The van der Waals surface area contributed by atoms with Crippen molar-refractivity contribution in [2.45, 2.75) is 4.90 Å². The lowest BCUT2D eigenvalue weighted by Gasteiger charge is -2.06. The van der Waals surface area contributed by atoms with Crippen LogP contribution in [0.1, 0.15) is 9.67 Å². The van der Waals surface area contributed by atoms with Gasteiger partial charge >= 0.3 is 0 Å². The van der Waals surface area contributed by atoms with Crippen LogP contribution in [0.5, 0.6) is 5.75 Å². The van der Waals surface area contributed by atoms with Crippen LogP contribution >= 0.6 is 34.7 Å². The standard InChI is InChI=1S/C13H11ClO2S2/c1-16-10-4-2-3-5-12(10)17-8-9(15)11-6-7-13(14)18-11/h2-7H,8H2,1H3. The Morgan fingerprint density at radius 3 is 2.78 bits per heavy atom. The number of benzene rings is 1. The molecule has 2 nitrogen and oxygen atoms in total. The van der Waals surface area contributed by atoms with Gasteiger partial charge in [-0.1, -0.05) is 23.7 Å². The van der Waals surface area contributed by atoms with E-state index < -0.39 is 0 Å². The van der Waals surface area contributed by atoms with Crippen LogP contribution in [0.4, 0.5) is 0 Å². The van der Waals surface area contributed by atoms with E-state index in [0.29, 0.717) is 15.0 Å². The second-order valence-corrected chi connectivity index (χ2v) is 6.20. The highest BCUT2D eigenvalue weighted by molar-refractivity contribution is 8.00. The predicted octanol–water partition coefficient (Wildman–Crippen LogP) is 4.39. The molecule has 0 saturated carbocycles. The summed E-state index contributed by atoms with van der Waals surface area (Å²) < 4.78 is 5.88. The van der Waals surface area contributed by atoms with E-state index in [4.69, 9.17) is 16.3 Å². The molecule has 0 unspecified atom stereocenters. The molecule has 1 aromatic carbocycles. The monoisotopic (exact) mass is 298 g/mol. The van der Waals surface area contributed by atoms with Crippen LogP contribution in [0.2, 0.25) is 4.34 Å². The first-order chi connectivity index (χ1) is 8.70. The topological polar surface area (TPSA) is 26.3 Å². The van der Waals surface area contributed by atoms with Crippen molar-refractivity contribution >= 4 is 40.5 Å². The first kappa shape index (κ1) is 13.5. The van der Waals surface area contributed by atoms with Gasteiger partial charge in [-0.3, -0.25) is 4.79 Å². The number of thioether (sulfide) groups is 1. The number of ketones is 1. The van der Waals surface area contributed by atoms with E-state index in [1.807, 2.05) is 24.3 Å². The van der Waals surface area contributed by atoms with Crippen LogP contribution in [0, 0.1) is 0 Å². The van der Waals surface area contributed by atoms with Crippen molar-refractivity contribution in [3.05, 3.63) is 45.6 Å². The van der Waals surface area contributed by atoms with Gasteiger partial charge in [-0.25, -0.2) is 0 Å². The van der Waals surface area contributed by atoms with Gasteiger partial charge in [0.1, 0.15) is 5.75 Å². The Morgan fingerprint density at radius 2 is 2.11 bits per heavy atom. The molecule has 1 heterocycles. The molecule has 0 saturated heterocycles. The minimum Gasteiger partial charge on any atom is -0.496 e. The van der Waals surface area contributed by atoms with Crippen LogP contribution in [0.25, 0.3) is 0 Å². The Labute approximate surface area is 119 Å². The second-order valence-electron chi connectivity index (χ2n) is 3.47. The summed E-state index contributed by atoms with van der Waals surface area (Å²) in [5.41, 5.74) is 0. The second kappa shape index (κ2) is 6.27. The van der Waals surface area contributed by atoms with E-state index in [1.54, 1.807) is 19.2 Å².